The normalized spacial score (nSPS) is 21.9. The summed E-state index contributed by atoms with van der Waals surface area (Å²) in [7, 11) is 1.43. The van der Waals surface area contributed by atoms with Crippen molar-refractivity contribution in [2.24, 2.45) is 5.92 Å². The number of rotatable bonds is 5. The highest BCUT2D eigenvalue weighted by Crippen LogP contribution is 2.54. The van der Waals surface area contributed by atoms with Crippen LogP contribution in [0.5, 0.6) is 11.5 Å². The summed E-state index contributed by atoms with van der Waals surface area (Å²) >= 11 is 0. The number of aryl methyl sites for hydroxylation is 1. The number of hydrogen-bond acceptors (Lipinski definition) is 4. The van der Waals surface area contributed by atoms with E-state index in [0.29, 0.717) is 17.7 Å². The molecule has 2 atom stereocenters. The molecule has 1 amide bonds. The number of ether oxygens (including phenoxy) is 1. The van der Waals surface area contributed by atoms with Gasteiger partial charge in [0.2, 0.25) is 0 Å². The topological polar surface area (TPSA) is 73.6 Å². The van der Waals surface area contributed by atoms with Gasteiger partial charge in [0.1, 0.15) is 17.1 Å². The van der Waals surface area contributed by atoms with Crippen LogP contribution in [0.25, 0.3) is 0 Å². The Balaban J connectivity index is 2.20. The maximum absolute atomic E-state index is 13.0. The van der Waals surface area contributed by atoms with E-state index < -0.39 is 5.91 Å². The second-order valence-electron chi connectivity index (χ2n) is 8.98. The molecule has 0 fully saturated rings. The lowest BCUT2D eigenvalue weighted by Gasteiger charge is -2.46. The predicted octanol–water partition coefficient (Wildman–Crippen LogP) is 5.29. The van der Waals surface area contributed by atoms with E-state index in [9.17, 15) is 15.2 Å². The molecule has 1 N–H and O–H groups in total. The van der Waals surface area contributed by atoms with Crippen LogP contribution in [-0.2, 0) is 6.42 Å². The Morgan fingerprint density at radius 3 is 2.79 bits per heavy atom. The molecule has 0 saturated heterocycles. The molecule has 1 aliphatic heterocycles. The average molecular weight is 397 g/mol. The molecule has 0 saturated carbocycles. The maximum Gasteiger partial charge on any atom is 0.270 e. The zero-order valence-electron chi connectivity index (χ0n) is 18.2. The van der Waals surface area contributed by atoms with Gasteiger partial charge in [-0.2, -0.15) is 5.26 Å². The molecule has 1 heterocycles. The van der Waals surface area contributed by atoms with Gasteiger partial charge in [-0.25, -0.2) is 4.90 Å². The molecule has 0 bridgehead atoms. The average Bonchev–Trinajstić information content (AvgIpc) is 2.66. The summed E-state index contributed by atoms with van der Waals surface area (Å²) in [6, 6.07) is 1.93. The first-order chi connectivity index (χ1) is 13.7. The summed E-state index contributed by atoms with van der Waals surface area (Å²) in [5.41, 5.74) is 2.65. The summed E-state index contributed by atoms with van der Waals surface area (Å²) in [5, 5.41) is 20.5. The van der Waals surface area contributed by atoms with Crippen molar-refractivity contribution >= 4 is 5.91 Å². The van der Waals surface area contributed by atoms with Gasteiger partial charge in [-0.1, -0.05) is 31.4 Å². The highest BCUT2D eigenvalue weighted by Gasteiger charge is 2.46. The molecule has 1 aromatic carbocycles. The van der Waals surface area contributed by atoms with Crippen LogP contribution in [0.15, 0.2) is 17.7 Å². The van der Waals surface area contributed by atoms with Crippen LogP contribution in [0.2, 0.25) is 0 Å². The zero-order valence-corrected chi connectivity index (χ0v) is 18.2. The monoisotopic (exact) mass is 396 g/mol. The maximum atomic E-state index is 13.0. The van der Waals surface area contributed by atoms with Crippen LogP contribution >= 0.6 is 0 Å². The Morgan fingerprint density at radius 2 is 2.14 bits per heavy atom. The van der Waals surface area contributed by atoms with Crippen molar-refractivity contribution in [2.45, 2.75) is 77.7 Å². The minimum Gasteiger partial charge on any atom is -0.507 e. The van der Waals surface area contributed by atoms with E-state index >= 15 is 0 Å². The number of unbranched alkanes of at least 4 members (excludes halogenated alkanes) is 2. The van der Waals surface area contributed by atoms with E-state index in [-0.39, 0.29) is 28.7 Å². The molecule has 1 aliphatic carbocycles. The summed E-state index contributed by atoms with van der Waals surface area (Å²) < 4.78 is 6.39. The van der Waals surface area contributed by atoms with Gasteiger partial charge in [0, 0.05) is 24.4 Å². The first kappa shape index (κ1) is 21.2. The quantitative estimate of drug-likeness (QED) is 0.318. The number of hydrogen-bond donors (Lipinski definition) is 1. The molecule has 2 aliphatic rings. The minimum absolute atomic E-state index is 0.00568. The molecule has 0 spiro atoms. The number of nitrogens with zero attached hydrogens (tertiary/aromatic N) is 2. The first-order valence-corrected chi connectivity index (χ1v) is 10.6. The van der Waals surface area contributed by atoms with E-state index in [2.05, 4.69) is 33.8 Å². The highest BCUT2D eigenvalue weighted by atomic mass is 16.5. The van der Waals surface area contributed by atoms with Crippen LogP contribution in [0.4, 0.5) is 0 Å². The van der Waals surface area contributed by atoms with Crippen LogP contribution in [0.3, 0.4) is 0 Å². The van der Waals surface area contributed by atoms with Crippen molar-refractivity contribution < 1.29 is 14.6 Å². The van der Waals surface area contributed by atoms with E-state index in [1.807, 2.05) is 12.3 Å². The number of nitriles is 1. The first-order valence-electron chi connectivity index (χ1n) is 10.6. The fourth-order valence-corrected chi connectivity index (χ4v) is 4.82. The van der Waals surface area contributed by atoms with E-state index in [1.165, 1.54) is 12.6 Å². The lowest BCUT2D eigenvalue weighted by atomic mass is 9.67. The van der Waals surface area contributed by atoms with Crippen LogP contribution in [0, 0.1) is 17.4 Å². The molecule has 156 valence electrons. The molecule has 0 aromatic heterocycles. The number of carbonyl (C=O) groups excluding carboxylic acids is 1. The predicted molar refractivity (Wildman–Crippen MR) is 113 cm³/mol. The Kier molecular flexibility index (Phi) is 5.93. The SMILES string of the molecule is CCCCCc1cc2c(c(O)c1C(=O)N(C)C#N)C1C=C(C)CCC1C(C)(C)O2. The van der Waals surface area contributed by atoms with Crippen molar-refractivity contribution in [3.05, 3.63) is 34.4 Å². The van der Waals surface area contributed by atoms with Gasteiger partial charge < -0.3 is 9.84 Å². The van der Waals surface area contributed by atoms with Gasteiger partial charge in [0.15, 0.2) is 6.19 Å². The molecule has 2 unspecified atom stereocenters. The summed E-state index contributed by atoms with van der Waals surface area (Å²) in [6.45, 7) is 8.46. The standard InChI is InChI=1S/C24H32N2O3/c1-6-7-8-9-16-13-19-21(22(27)20(16)23(28)26(5)14-25)17-12-15(2)10-11-18(17)24(3,4)29-19/h12-13,17-18,27H,6-11H2,1-5H3. The Morgan fingerprint density at radius 1 is 1.41 bits per heavy atom. The molecule has 5 heteroatoms. The summed E-state index contributed by atoms with van der Waals surface area (Å²) in [5.74, 6) is 0.426. The molecule has 29 heavy (non-hydrogen) atoms. The fraction of sp³-hybridized carbons (Fsp3) is 0.583. The summed E-state index contributed by atoms with van der Waals surface area (Å²) in [6.07, 6.45) is 9.78. The van der Waals surface area contributed by atoms with E-state index in [0.717, 1.165) is 42.6 Å². The zero-order chi connectivity index (χ0) is 21.3. The number of amides is 1. The third-order valence-electron chi connectivity index (χ3n) is 6.45. The lowest BCUT2D eigenvalue weighted by Crippen LogP contribution is -2.45. The van der Waals surface area contributed by atoms with Crippen LogP contribution in [-0.4, -0.2) is 28.6 Å². The number of benzene rings is 1. The number of aromatic hydroxyl groups is 1. The van der Waals surface area contributed by atoms with Crippen molar-refractivity contribution in [3.8, 4) is 17.7 Å². The largest absolute Gasteiger partial charge is 0.507 e. The molecular weight excluding hydrogens is 364 g/mol. The number of fused-ring (bicyclic) bond motifs is 3. The number of phenols is 1. The van der Waals surface area contributed by atoms with Gasteiger partial charge in [-0.3, -0.25) is 4.79 Å². The molecule has 3 rings (SSSR count). The fourth-order valence-electron chi connectivity index (χ4n) is 4.82. The minimum atomic E-state index is -0.461. The van der Waals surface area contributed by atoms with Crippen molar-refractivity contribution in [3.63, 3.8) is 0 Å². The number of phenolic OH excluding ortho intramolecular Hbond substituents is 1. The van der Waals surface area contributed by atoms with Crippen LogP contribution in [0.1, 0.15) is 87.2 Å². The van der Waals surface area contributed by atoms with Gasteiger partial charge >= 0.3 is 0 Å². The number of allylic oxidation sites excluding steroid dienone is 2. The van der Waals surface area contributed by atoms with Gasteiger partial charge in [0.05, 0.1) is 5.56 Å². The Bertz CT molecular complexity index is 879. The lowest BCUT2D eigenvalue weighted by molar-refractivity contribution is 0.0106. The molecule has 0 radical (unpaired) electrons. The molecule has 1 aromatic rings. The van der Waals surface area contributed by atoms with E-state index in [1.54, 1.807) is 0 Å². The van der Waals surface area contributed by atoms with Crippen molar-refractivity contribution in [1.29, 1.82) is 5.26 Å². The van der Waals surface area contributed by atoms with Gasteiger partial charge in [0.25, 0.3) is 5.91 Å². The van der Waals surface area contributed by atoms with Crippen molar-refractivity contribution in [1.82, 2.24) is 4.90 Å². The third kappa shape index (κ3) is 3.85. The van der Waals surface area contributed by atoms with Crippen LogP contribution < -0.4 is 4.74 Å². The smallest absolute Gasteiger partial charge is 0.270 e. The Labute approximate surface area is 174 Å². The van der Waals surface area contributed by atoms with Gasteiger partial charge in [-0.15, -0.1) is 0 Å². The second kappa shape index (κ2) is 8.10. The molecular formula is C24H32N2O3. The second-order valence-corrected chi connectivity index (χ2v) is 8.98. The Hall–Kier alpha value is -2.48. The number of carbonyl (C=O) groups is 1. The van der Waals surface area contributed by atoms with Gasteiger partial charge in [-0.05, 0) is 58.1 Å². The summed E-state index contributed by atoms with van der Waals surface area (Å²) in [4.78, 5) is 14.0. The molecule has 5 nitrogen and oxygen atoms in total. The van der Waals surface area contributed by atoms with Crippen molar-refractivity contribution in [2.75, 3.05) is 7.05 Å². The third-order valence-corrected chi connectivity index (χ3v) is 6.45. The highest BCUT2D eigenvalue weighted by molar-refractivity contribution is 6.00. The van der Waals surface area contributed by atoms with E-state index in [4.69, 9.17) is 4.74 Å².